The van der Waals surface area contributed by atoms with Gasteiger partial charge in [0.2, 0.25) is 0 Å². The Hall–Kier alpha value is -1.58. The van der Waals surface area contributed by atoms with E-state index in [4.69, 9.17) is 5.73 Å². The molecule has 0 aliphatic carbocycles. The molecule has 0 aliphatic rings. The predicted molar refractivity (Wildman–Crippen MR) is 54.4 cm³/mol. The number of fused-ring (bicyclic) bond motifs is 1. The van der Waals surface area contributed by atoms with Gasteiger partial charge in [-0.1, -0.05) is 6.92 Å². The summed E-state index contributed by atoms with van der Waals surface area (Å²) in [4.78, 5) is 0. The maximum Gasteiger partial charge on any atom is 0.153 e. The molecule has 3 nitrogen and oxygen atoms in total. The zero-order valence-electron chi connectivity index (χ0n) is 8.00. The summed E-state index contributed by atoms with van der Waals surface area (Å²) >= 11 is 0. The standard InChI is InChI=1S/C10H12FN3/c1-2-5-14-9-4-3-7(11)6-8(9)10(12)13-14/h3-4,6H,2,5H2,1H3,(H2,12,13). The van der Waals surface area contributed by atoms with Gasteiger partial charge in [-0.2, -0.15) is 5.10 Å². The summed E-state index contributed by atoms with van der Waals surface area (Å²) in [5, 5.41) is 4.84. The van der Waals surface area contributed by atoms with Gasteiger partial charge in [0.25, 0.3) is 0 Å². The molecule has 1 aromatic carbocycles. The van der Waals surface area contributed by atoms with Crippen LogP contribution in [0.3, 0.4) is 0 Å². The van der Waals surface area contributed by atoms with Gasteiger partial charge in [-0.05, 0) is 24.6 Å². The minimum absolute atomic E-state index is 0.278. The van der Waals surface area contributed by atoms with Crippen molar-refractivity contribution >= 4 is 16.7 Å². The van der Waals surface area contributed by atoms with Gasteiger partial charge in [-0.25, -0.2) is 4.39 Å². The summed E-state index contributed by atoms with van der Waals surface area (Å²) in [6, 6.07) is 4.56. The Morgan fingerprint density at radius 2 is 2.29 bits per heavy atom. The van der Waals surface area contributed by atoms with Crippen LogP contribution in [0.1, 0.15) is 13.3 Å². The van der Waals surface area contributed by atoms with E-state index in [9.17, 15) is 4.39 Å². The van der Waals surface area contributed by atoms with E-state index in [1.165, 1.54) is 12.1 Å². The molecule has 0 atom stereocenters. The van der Waals surface area contributed by atoms with E-state index in [-0.39, 0.29) is 5.82 Å². The van der Waals surface area contributed by atoms with Crippen LogP contribution < -0.4 is 5.73 Å². The summed E-state index contributed by atoms with van der Waals surface area (Å²) in [5.74, 6) is 0.119. The molecule has 0 saturated carbocycles. The Morgan fingerprint density at radius 3 is 3.00 bits per heavy atom. The maximum atomic E-state index is 12.9. The molecular formula is C10H12FN3. The van der Waals surface area contributed by atoms with E-state index >= 15 is 0 Å². The average Bonchev–Trinajstić information content (AvgIpc) is 2.44. The topological polar surface area (TPSA) is 43.8 Å². The number of hydrogen-bond acceptors (Lipinski definition) is 2. The fourth-order valence-corrected chi connectivity index (χ4v) is 1.56. The lowest BCUT2D eigenvalue weighted by Gasteiger charge is -1.99. The van der Waals surface area contributed by atoms with Crippen molar-refractivity contribution in [1.82, 2.24) is 9.78 Å². The fraction of sp³-hybridized carbons (Fsp3) is 0.300. The van der Waals surface area contributed by atoms with Crippen LogP contribution in [0.25, 0.3) is 10.9 Å². The molecule has 0 aliphatic heterocycles. The molecule has 4 heteroatoms. The largest absolute Gasteiger partial charge is 0.382 e. The van der Waals surface area contributed by atoms with Crippen LogP contribution in [0.4, 0.5) is 10.2 Å². The van der Waals surface area contributed by atoms with E-state index in [2.05, 4.69) is 12.0 Å². The highest BCUT2D eigenvalue weighted by Gasteiger charge is 2.07. The van der Waals surface area contributed by atoms with Crippen LogP contribution >= 0.6 is 0 Å². The van der Waals surface area contributed by atoms with Crippen molar-refractivity contribution in [3.8, 4) is 0 Å². The second-order valence-electron chi connectivity index (χ2n) is 3.27. The van der Waals surface area contributed by atoms with Gasteiger partial charge in [0.1, 0.15) is 5.82 Å². The Morgan fingerprint density at radius 1 is 1.50 bits per heavy atom. The predicted octanol–water partition coefficient (Wildman–Crippen LogP) is 2.17. The number of benzene rings is 1. The Kier molecular flexibility index (Phi) is 2.11. The first-order chi connectivity index (χ1) is 6.72. The number of halogens is 1. The van der Waals surface area contributed by atoms with Crippen LogP contribution in [0.15, 0.2) is 18.2 Å². The molecule has 2 aromatic rings. The number of nitrogen functional groups attached to an aromatic ring is 1. The van der Waals surface area contributed by atoms with Crippen molar-refractivity contribution in [3.63, 3.8) is 0 Å². The van der Waals surface area contributed by atoms with E-state index in [0.717, 1.165) is 18.5 Å². The quantitative estimate of drug-likeness (QED) is 0.794. The molecule has 0 spiro atoms. The molecule has 2 rings (SSSR count). The Labute approximate surface area is 81.3 Å². The zero-order chi connectivity index (χ0) is 10.1. The third-order valence-electron chi connectivity index (χ3n) is 2.18. The summed E-state index contributed by atoms with van der Waals surface area (Å²) in [5.41, 5.74) is 6.57. The molecular weight excluding hydrogens is 181 g/mol. The van der Waals surface area contributed by atoms with Gasteiger partial charge in [-0.15, -0.1) is 0 Å². The van der Waals surface area contributed by atoms with Gasteiger partial charge in [0, 0.05) is 11.9 Å². The van der Waals surface area contributed by atoms with E-state index in [1.807, 2.05) is 4.68 Å². The molecule has 14 heavy (non-hydrogen) atoms. The summed E-state index contributed by atoms with van der Waals surface area (Å²) in [6.45, 7) is 2.87. The molecule has 0 fully saturated rings. The summed E-state index contributed by atoms with van der Waals surface area (Å²) < 4.78 is 14.7. The molecule has 0 saturated heterocycles. The number of nitrogens with zero attached hydrogens (tertiary/aromatic N) is 2. The second kappa shape index (κ2) is 3.29. The molecule has 0 unspecified atom stereocenters. The fourth-order valence-electron chi connectivity index (χ4n) is 1.56. The van der Waals surface area contributed by atoms with Crippen molar-refractivity contribution < 1.29 is 4.39 Å². The minimum atomic E-state index is -0.278. The summed E-state index contributed by atoms with van der Waals surface area (Å²) in [6.07, 6.45) is 0.980. The van der Waals surface area contributed by atoms with Crippen LogP contribution in [-0.2, 0) is 6.54 Å². The van der Waals surface area contributed by atoms with E-state index in [0.29, 0.717) is 11.2 Å². The second-order valence-corrected chi connectivity index (χ2v) is 3.27. The van der Waals surface area contributed by atoms with Crippen molar-refractivity contribution in [2.75, 3.05) is 5.73 Å². The molecule has 0 amide bonds. The smallest absolute Gasteiger partial charge is 0.153 e. The number of nitrogens with two attached hydrogens (primary N) is 1. The number of rotatable bonds is 2. The van der Waals surface area contributed by atoms with Crippen molar-refractivity contribution in [1.29, 1.82) is 0 Å². The van der Waals surface area contributed by atoms with Crippen LogP contribution in [0.5, 0.6) is 0 Å². The highest BCUT2D eigenvalue weighted by molar-refractivity contribution is 5.89. The normalized spacial score (nSPS) is 11.0. The molecule has 2 N–H and O–H groups in total. The first-order valence-corrected chi connectivity index (χ1v) is 4.64. The summed E-state index contributed by atoms with van der Waals surface area (Å²) in [7, 11) is 0. The van der Waals surface area contributed by atoms with Crippen molar-refractivity contribution in [3.05, 3.63) is 24.0 Å². The number of hydrogen-bond donors (Lipinski definition) is 1. The van der Waals surface area contributed by atoms with Gasteiger partial charge >= 0.3 is 0 Å². The SMILES string of the molecule is CCCn1nc(N)c2cc(F)ccc21. The lowest BCUT2D eigenvalue weighted by atomic mass is 10.2. The number of anilines is 1. The van der Waals surface area contributed by atoms with Crippen LogP contribution in [-0.4, -0.2) is 9.78 Å². The Balaban J connectivity index is 2.65. The zero-order valence-corrected chi connectivity index (χ0v) is 8.00. The average molecular weight is 193 g/mol. The first-order valence-electron chi connectivity index (χ1n) is 4.64. The third kappa shape index (κ3) is 1.32. The van der Waals surface area contributed by atoms with Gasteiger partial charge in [0.15, 0.2) is 5.82 Å². The first kappa shape index (κ1) is 8.99. The number of aryl methyl sites for hydroxylation is 1. The molecule has 74 valence electrons. The van der Waals surface area contributed by atoms with Gasteiger partial charge in [-0.3, -0.25) is 4.68 Å². The highest BCUT2D eigenvalue weighted by atomic mass is 19.1. The molecule has 1 aromatic heterocycles. The highest BCUT2D eigenvalue weighted by Crippen LogP contribution is 2.21. The van der Waals surface area contributed by atoms with Gasteiger partial charge in [0.05, 0.1) is 5.52 Å². The minimum Gasteiger partial charge on any atom is -0.382 e. The lowest BCUT2D eigenvalue weighted by Crippen LogP contribution is -1.99. The van der Waals surface area contributed by atoms with Gasteiger partial charge < -0.3 is 5.73 Å². The molecule has 0 bridgehead atoms. The lowest BCUT2D eigenvalue weighted by molar-refractivity contribution is 0.621. The van der Waals surface area contributed by atoms with E-state index in [1.54, 1.807) is 6.07 Å². The van der Waals surface area contributed by atoms with Crippen molar-refractivity contribution in [2.24, 2.45) is 0 Å². The van der Waals surface area contributed by atoms with Crippen LogP contribution in [0.2, 0.25) is 0 Å². The van der Waals surface area contributed by atoms with E-state index < -0.39 is 0 Å². The van der Waals surface area contributed by atoms with Crippen molar-refractivity contribution in [2.45, 2.75) is 19.9 Å². The third-order valence-corrected chi connectivity index (χ3v) is 2.18. The monoisotopic (exact) mass is 193 g/mol. The maximum absolute atomic E-state index is 12.9. The number of aromatic nitrogens is 2. The molecule has 0 radical (unpaired) electrons. The molecule has 1 heterocycles. The Bertz CT molecular complexity index is 462. The van der Waals surface area contributed by atoms with Crippen LogP contribution in [0, 0.1) is 5.82 Å².